The fourth-order valence-electron chi connectivity index (χ4n) is 2.41. The Hall–Kier alpha value is -0.570. The van der Waals surface area contributed by atoms with Gasteiger partial charge >= 0.3 is 5.97 Å². The van der Waals surface area contributed by atoms with Crippen LogP contribution < -0.4 is 5.32 Å². The van der Waals surface area contributed by atoms with Crippen LogP contribution in [0.4, 0.5) is 0 Å². The molecule has 3 nitrogen and oxygen atoms in total. The molecule has 2 aliphatic carbocycles. The summed E-state index contributed by atoms with van der Waals surface area (Å²) in [6, 6.07) is 0.469. The monoisotopic (exact) mass is 183 g/mol. The van der Waals surface area contributed by atoms with Crippen molar-refractivity contribution >= 4 is 5.97 Å². The van der Waals surface area contributed by atoms with Gasteiger partial charge in [0.05, 0.1) is 0 Å². The Labute approximate surface area is 78.5 Å². The fourth-order valence-corrected chi connectivity index (χ4v) is 2.41. The summed E-state index contributed by atoms with van der Waals surface area (Å²) in [5, 5.41) is 12.4. The quantitative estimate of drug-likeness (QED) is 0.697. The molecular weight excluding hydrogens is 166 g/mol. The predicted octanol–water partition coefficient (Wildman–Crippen LogP) is 1.53. The molecule has 0 atom stereocenters. The maximum atomic E-state index is 11.0. The van der Waals surface area contributed by atoms with Crippen LogP contribution in [0, 0.1) is 0 Å². The molecule has 0 aromatic rings. The molecule has 2 aliphatic rings. The first-order valence-electron chi connectivity index (χ1n) is 5.24. The highest BCUT2D eigenvalue weighted by Gasteiger charge is 2.45. The zero-order chi connectivity index (χ0) is 9.31. The smallest absolute Gasteiger partial charge is 0.323 e. The molecule has 0 heterocycles. The van der Waals surface area contributed by atoms with E-state index in [4.69, 9.17) is 5.11 Å². The van der Waals surface area contributed by atoms with Crippen LogP contribution in [-0.2, 0) is 4.79 Å². The molecule has 74 valence electrons. The third-order valence-electron chi connectivity index (χ3n) is 3.45. The maximum Gasteiger partial charge on any atom is 0.323 e. The van der Waals surface area contributed by atoms with E-state index in [1.807, 2.05) is 0 Å². The summed E-state index contributed by atoms with van der Waals surface area (Å²) in [4.78, 5) is 11.0. The second-order valence-electron chi connectivity index (χ2n) is 4.37. The first kappa shape index (κ1) is 9.00. The highest BCUT2D eigenvalue weighted by Crippen LogP contribution is 2.34. The second kappa shape index (κ2) is 3.29. The Morgan fingerprint density at radius 1 is 1.23 bits per heavy atom. The van der Waals surface area contributed by atoms with Crippen molar-refractivity contribution in [3.63, 3.8) is 0 Å². The Balaban J connectivity index is 1.93. The molecule has 0 unspecified atom stereocenters. The fraction of sp³-hybridized carbons (Fsp3) is 0.900. The van der Waals surface area contributed by atoms with Gasteiger partial charge in [-0.3, -0.25) is 10.1 Å². The number of hydrogen-bond donors (Lipinski definition) is 2. The predicted molar refractivity (Wildman–Crippen MR) is 49.6 cm³/mol. The van der Waals surface area contributed by atoms with E-state index in [2.05, 4.69) is 5.32 Å². The number of rotatable bonds is 3. The zero-order valence-corrected chi connectivity index (χ0v) is 7.88. The minimum atomic E-state index is -0.648. The van der Waals surface area contributed by atoms with Crippen molar-refractivity contribution in [2.75, 3.05) is 0 Å². The van der Waals surface area contributed by atoms with Gasteiger partial charge in [-0.25, -0.2) is 0 Å². The molecule has 0 saturated heterocycles. The molecule has 0 bridgehead atoms. The number of carboxylic acid groups (broad SMARTS) is 1. The van der Waals surface area contributed by atoms with Crippen LogP contribution in [0.25, 0.3) is 0 Å². The molecule has 2 N–H and O–H groups in total. The van der Waals surface area contributed by atoms with Gasteiger partial charge in [0.25, 0.3) is 0 Å². The van der Waals surface area contributed by atoms with Crippen molar-refractivity contribution in [3.05, 3.63) is 0 Å². The van der Waals surface area contributed by atoms with Crippen molar-refractivity contribution in [1.29, 1.82) is 0 Å². The summed E-state index contributed by atoms with van der Waals surface area (Å²) in [6.45, 7) is 0. The van der Waals surface area contributed by atoms with Crippen molar-refractivity contribution in [2.24, 2.45) is 0 Å². The molecule has 0 radical (unpaired) electrons. The summed E-state index contributed by atoms with van der Waals surface area (Å²) < 4.78 is 0. The van der Waals surface area contributed by atoms with Gasteiger partial charge in [-0.15, -0.1) is 0 Å². The lowest BCUT2D eigenvalue weighted by molar-refractivity contribution is -0.149. The molecule has 2 fully saturated rings. The van der Waals surface area contributed by atoms with Gasteiger partial charge in [-0.05, 0) is 32.1 Å². The zero-order valence-electron chi connectivity index (χ0n) is 7.88. The van der Waals surface area contributed by atoms with E-state index in [-0.39, 0.29) is 0 Å². The van der Waals surface area contributed by atoms with Crippen molar-refractivity contribution in [3.8, 4) is 0 Å². The molecule has 3 heteroatoms. The molecule has 0 spiro atoms. The minimum Gasteiger partial charge on any atom is -0.480 e. The lowest BCUT2D eigenvalue weighted by Gasteiger charge is -2.40. The van der Waals surface area contributed by atoms with Crippen LogP contribution in [0.5, 0.6) is 0 Å². The van der Waals surface area contributed by atoms with Crippen molar-refractivity contribution in [1.82, 2.24) is 5.32 Å². The highest BCUT2D eigenvalue weighted by molar-refractivity contribution is 5.80. The number of aliphatic carboxylic acids is 1. The summed E-state index contributed by atoms with van der Waals surface area (Å²) in [6.07, 6.45) is 7.54. The van der Waals surface area contributed by atoms with Crippen LogP contribution in [0.3, 0.4) is 0 Å². The molecule has 13 heavy (non-hydrogen) atoms. The van der Waals surface area contributed by atoms with Gasteiger partial charge in [0.2, 0.25) is 0 Å². The van der Waals surface area contributed by atoms with E-state index in [1.165, 1.54) is 12.8 Å². The lowest BCUT2D eigenvalue weighted by atomic mass is 9.76. The normalized spacial score (nSPS) is 27.1. The van der Waals surface area contributed by atoms with Gasteiger partial charge in [-0.1, -0.05) is 12.8 Å². The summed E-state index contributed by atoms with van der Waals surface area (Å²) >= 11 is 0. The highest BCUT2D eigenvalue weighted by atomic mass is 16.4. The average Bonchev–Trinajstić information content (AvgIpc) is 2.47. The van der Waals surface area contributed by atoms with E-state index in [1.54, 1.807) is 0 Å². The van der Waals surface area contributed by atoms with Crippen LogP contribution >= 0.6 is 0 Å². The molecule has 0 aromatic heterocycles. The number of carbonyl (C=O) groups is 1. The minimum absolute atomic E-state index is 0.469. The van der Waals surface area contributed by atoms with E-state index < -0.39 is 11.5 Å². The van der Waals surface area contributed by atoms with Gasteiger partial charge < -0.3 is 5.11 Å². The molecule has 2 rings (SSSR count). The van der Waals surface area contributed by atoms with E-state index >= 15 is 0 Å². The lowest BCUT2D eigenvalue weighted by Crippen LogP contribution is -2.59. The van der Waals surface area contributed by atoms with Gasteiger partial charge in [-0.2, -0.15) is 0 Å². The van der Waals surface area contributed by atoms with E-state index in [0.717, 1.165) is 32.1 Å². The Kier molecular flexibility index (Phi) is 2.28. The maximum absolute atomic E-state index is 11.0. The van der Waals surface area contributed by atoms with Crippen molar-refractivity contribution in [2.45, 2.75) is 56.5 Å². The van der Waals surface area contributed by atoms with Gasteiger partial charge in [0.15, 0.2) is 0 Å². The van der Waals surface area contributed by atoms with Crippen LogP contribution in [0.15, 0.2) is 0 Å². The van der Waals surface area contributed by atoms with Gasteiger partial charge in [0.1, 0.15) is 5.54 Å². The molecule has 2 saturated carbocycles. The standard InChI is InChI=1S/C10H17NO2/c12-9(13)10(6-3-7-10)11-8-4-1-2-5-8/h8,11H,1-7H2,(H,12,13). The van der Waals surface area contributed by atoms with Gasteiger partial charge in [0, 0.05) is 6.04 Å². The number of carboxylic acids is 1. The Morgan fingerprint density at radius 3 is 2.23 bits per heavy atom. The first-order chi connectivity index (χ1) is 6.23. The van der Waals surface area contributed by atoms with E-state index in [9.17, 15) is 4.79 Å². The third kappa shape index (κ3) is 1.57. The number of nitrogens with one attached hydrogen (secondary N) is 1. The summed E-state index contributed by atoms with van der Waals surface area (Å²) in [7, 11) is 0. The van der Waals surface area contributed by atoms with Crippen molar-refractivity contribution < 1.29 is 9.90 Å². The first-order valence-corrected chi connectivity index (χ1v) is 5.24. The molecule has 0 aromatic carbocycles. The molecule has 0 amide bonds. The molecule has 0 aliphatic heterocycles. The van der Waals surface area contributed by atoms with Crippen LogP contribution in [0.1, 0.15) is 44.9 Å². The van der Waals surface area contributed by atoms with Crippen LogP contribution in [0.2, 0.25) is 0 Å². The van der Waals surface area contributed by atoms with Crippen LogP contribution in [-0.4, -0.2) is 22.7 Å². The summed E-state index contributed by atoms with van der Waals surface area (Å²) in [5.74, 6) is -0.648. The molecular formula is C10H17NO2. The Bertz CT molecular complexity index is 205. The Morgan fingerprint density at radius 2 is 1.85 bits per heavy atom. The number of hydrogen-bond acceptors (Lipinski definition) is 2. The second-order valence-corrected chi connectivity index (χ2v) is 4.37. The third-order valence-corrected chi connectivity index (χ3v) is 3.45. The summed E-state index contributed by atoms with van der Waals surface area (Å²) in [5.41, 5.74) is -0.547. The largest absolute Gasteiger partial charge is 0.480 e. The average molecular weight is 183 g/mol. The topological polar surface area (TPSA) is 49.3 Å². The van der Waals surface area contributed by atoms with E-state index in [0.29, 0.717) is 6.04 Å². The SMILES string of the molecule is O=C(O)C1(NC2CCCC2)CCC1.